The standard InChI is InChI=1S/C13H11BrNOS/c14-12-6-4-11(5-7-12)13(16)10-17-15-8-2-1-3-9-15/h1-9H,10H2/q+1. The minimum absolute atomic E-state index is 0.138. The first kappa shape index (κ1) is 12.3. The summed E-state index contributed by atoms with van der Waals surface area (Å²) < 4.78 is 2.91. The number of carbonyl (C=O) groups excluding carboxylic acids is 1. The number of nitrogens with zero attached hydrogens (tertiary/aromatic N) is 1. The molecule has 0 fully saturated rings. The fourth-order valence-corrected chi connectivity index (χ4v) is 2.33. The summed E-state index contributed by atoms with van der Waals surface area (Å²) >= 11 is 4.83. The quantitative estimate of drug-likeness (QED) is 0.639. The van der Waals surface area contributed by atoms with Crippen LogP contribution in [-0.2, 0) is 0 Å². The summed E-state index contributed by atoms with van der Waals surface area (Å²) in [5.74, 6) is 0.579. The molecule has 0 unspecified atom stereocenters. The number of Topliss-reactive ketones (excluding diaryl/α,β-unsaturated/α-hetero) is 1. The second-order valence-electron chi connectivity index (χ2n) is 3.44. The lowest BCUT2D eigenvalue weighted by Gasteiger charge is -1.97. The zero-order valence-corrected chi connectivity index (χ0v) is 11.4. The fourth-order valence-electron chi connectivity index (χ4n) is 1.32. The first-order chi connectivity index (χ1) is 8.25. The third-order valence-electron chi connectivity index (χ3n) is 2.20. The zero-order chi connectivity index (χ0) is 12.1. The predicted molar refractivity (Wildman–Crippen MR) is 73.0 cm³/mol. The first-order valence-corrected chi connectivity index (χ1v) is 6.87. The van der Waals surface area contributed by atoms with Crippen LogP contribution in [0.1, 0.15) is 10.4 Å². The SMILES string of the molecule is O=C(CS[n+]1ccccc1)c1ccc(Br)cc1. The number of halogens is 1. The molecule has 17 heavy (non-hydrogen) atoms. The Kier molecular flexibility index (Phi) is 4.34. The van der Waals surface area contributed by atoms with Gasteiger partial charge < -0.3 is 0 Å². The van der Waals surface area contributed by atoms with Gasteiger partial charge in [0.05, 0.1) is 0 Å². The van der Waals surface area contributed by atoms with Crippen LogP contribution in [0.15, 0.2) is 59.3 Å². The van der Waals surface area contributed by atoms with Crippen LogP contribution in [0.3, 0.4) is 0 Å². The highest BCUT2D eigenvalue weighted by molar-refractivity contribution is 9.10. The number of aromatic nitrogens is 1. The smallest absolute Gasteiger partial charge is 0.183 e. The van der Waals surface area contributed by atoms with Crippen molar-refractivity contribution in [2.45, 2.75) is 0 Å². The third kappa shape index (κ3) is 3.68. The maximum atomic E-state index is 11.9. The molecule has 2 aromatic rings. The van der Waals surface area contributed by atoms with Crippen molar-refractivity contribution in [2.24, 2.45) is 0 Å². The van der Waals surface area contributed by atoms with E-state index in [9.17, 15) is 4.79 Å². The Labute approximate surface area is 113 Å². The molecule has 0 bridgehead atoms. The Bertz CT molecular complexity index is 499. The van der Waals surface area contributed by atoms with Gasteiger partial charge in [0.1, 0.15) is 5.75 Å². The molecule has 0 saturated heterocycles. The summed E-state index contributed by atoms with van der Waals surface area (Å²) in [6.45, 7) is 0. The Morgan fingerprint density at radius 1 is 1.12 bits per heavy atom. The van der Waals surface area contributed by atoms with Gasteiger partial charge in [-0.3, -0.25) is 4.79 Å². The number of pyridine rings is 1. The molecule has 0 amide bonds. The molecular weight excluding hydrogens is 298 g/mol. The van der Waals surface area contributed by atoms with E-state index >= 15 is 0 Å². The molecule has 2 rings (SSSR count). The maximum absolute atomic E-state index is 11.9. The van der Waals surface area contributed by atoms with E-state index in [4.69, 9.17) is 0 Å². The first-order valence-electron chi connectivity index (χ1n) is 5.14. The molecule has 86 valence electrons. The molecule has 1 aromatic carbocycles. The monoisotopic (exact) mass is 308 g/mol. The normalized spacial score (nSPS) is 10.2. The van der Waals surface area contributed by atoms with Gasteiger partial charge in [-0.05, 0) is 12.1 Å². The van der Waals surface area contributed by atoms with E-state index in [1.54, 1.807) is 0 Å². The molecule has 0 atom stereocenters. The number of hydrogen-bond acceptors (Lipinski definition) is 2. The molecule has 0 spiro atoms. The largest absolute Gasteiger partial charge is 0.293 e. The predicted octanol–water partition coefficient (Wildman–Crippen LogP) is 3.12. The lowest BCUT2D eigenvalue weighted by atomic mass is 10.2. The molecule has 1 aromatic heterocycles. The van der Waals surface area contributed by atoms with Crippen molar-refractivity contribution in [1.82, 2.24) is 0 Å². The van der Waals surface area contributed by atoms with Crippen LogP contribution in [0.5, 0.6) is 0 Å². The van der Waals surface area contributed by atoms with Gasteiger partial charge in [-0.15, -0.1) is 3.97 Å². The van der Waals surface area contributed by atoms with E-state index in [2.05, 4.69) is 15.9 Å². The van der Waals surface area contributed by atoms with Crippen molar-refractivity contribution < 1.29 is 8.77 Å². The highest BCUT2D eigenvalue weighted by Crippen LogP contribution is 2.12. The van der Waals surface area contributed by atoms with Gasteiger partial charge in [0.15, 0.2) is 30.1 Å². The third-order valence-corrected chi connectivity index (χ3v) is 3.66. The molecule has 2 nitrogen and oxygen atoms in total. The average molecular weight is 309 g/mol. The van der Waals surface area contributed by atoms with Gasteiger partial charge >= 0.3 is 0 Å². The van der Waals surface area contributed by atoms with Crippen LogP contribution in [0.2, 0.25) is 0 Å². The van der Waals surface area contributed by atoms with Crippen molar-refractivity contribution >= 4 is 33.7 Å². The van der Waals surface area contributed by atoms with Crippen molar-refractivity contribution in [1.29, 1.82) is 0 Å². The number of carbonyl (C=O) groups is 1. The Morgan fingerprint density at radius 2 is 1.76 bits per heavy atom. The highest BCUT2D eigenvalue weighted by Gasteiger charge is 2.10. The second-order valence-corrected chi connectivity index (χ2v) is 5.32. The molecule has 0 aliphatic heterocycles. The van der Waals surface area contributed by atoms with E-state index in [1.165, 1.54) is 11.9 Å². The van der Waals surface area contributed by atoms with E-state index in [-0.39, 0.29) is 5.78 Å². The molecule has 0 radical (unpaired) electrons. The Morgan fingerprint density at radius 3 is 2.41 bits per heavy atom. The molecule has 4 heteroatoms. The number of hydrogen-bond donors (Lipinski definition) is 0. The topological polar surface area (TPSA) is 20.9 Å². The van der Waals surface area contributed by atoms with Gasteiger partial charge in [-0.1, -0.05) is 34.1 Å². The van der Waals surface area contributed by atoms with Crippen LogP contribution in [0.25, 0.3) is 0 Å². The summed E-state index contributed by atoms with van der Waals surface area (Å²) in [5, 5.41) is 0. The summed E-state index contributed by atoms with van der Waals surface area (Å²) in [6, 6.07) is 13.3. The van der Waals surface area contributed by atoms with Crippen LogP contribution >= 0.6 is 27.9 Å². The van der Waals surface area contributed by atoms with Gasteiger partial charge in [0, 0.05) is 22.2 Å². The van der Waals surface area contributed by atoms with Crippen LogP contribution in [-0.4, -0.2) is 11.5 Å². The Balaban J connectivity index is 1.96. The summed E-state index contributed by atoms with van der Waals surface area (Å²) in [4.78, 5) is 11.9. The number of rotatable bonds is 4. The minimum atomic E-state index is 0.138. The van der Waals surface area contributed by atoms with Crippen molar-refractivity contribution in [3.63, 3.8) is 0 Å². The van der Waals surface area contributed by atoms with E-state index < -0.39 is 0 Å². The van der Waals surface area contributed by atoms with Crippen LogP contribution in [0, 0.1) is 0 Å². The van der Waals surface area contributed by atoms with Gasteiger partial charge in [0.25, 0.3) is 0 Å². The lowest BCUT2D eigenvalue weighted by Crippen LogP contribution is -2.25. The highest BCUT2D eigenvalue weighted by atomic mass is 79.9. The van der Waals surface area contributed by atoms with Gasteiger partial charge in [0.2, 0.25) is 0 Å². The molecule has 0 aliphatic carbocycles. The van der Waals surface area contributed by atoms with E-state index in [1.807, 2.05) is 58.8 Å². The summed E-state index contributed by atoms with van der Waals surface area (Å²) in [7, 11) is 0. The second kappa shape index (κ2) is 5.98. The van der Waals surface area contributed by atoms with Crippen molar-refractivity contribution in [2.75, 3.05) is 5.75 Å². The summed E-state index contributed by atoms with van der Waals surface area (Å²) in [5.41, 5.74) is 0.747. The van der Waals surface area contributed by atoms with Crippen LogP contribution in [0.4, 0.5) is 0 Å². The molecule has 0 aliphatic rings. The summed E-state index contributed by atoms with van der Waals surface area (Å²) in [6.07, 6.45) is 3.86. The molecule has 0 N–H and O–H groups in total. The zero-order valence-electron chi connectivity index (χ0n) is 9.04. The molecule has 0 saturated carbocycles. The maximum Gasteiger partial charge on any atom is 0.183 e. The van der Waals surface area contributed by atoms with Crippen LogP contribution < -0.4 is 3.97 Å². The van der Waals surface area contributed by atoms with Crippen molar-refractivity contribution in [3.8, 4) is 0 Å². The lowest BCUT2D eigenvalue weighted by molar-refractivity contribution is -0.494. The molecular formula is C13H11BrNOS+. The number of ketones is 1. The average Bonchev–Trinajstić information content (AvgIpc) is 2.38. The number of benzene rings is 1. The van der Waals surface area contributed by atoms with Gasteiger partial charge in [-0.2, -0.15) is 0 Å². The minimum Gasteiger partial charge on any atom is -0.293 e. The van der Waals surface area contributed by atoms with Crippen molar-refractivity contribution in [3.05, 3.63) is 64.9 Å². The fraction of sp³-hybridized carbons (Fsp3) is 0.0769. The molecule has 1 heterocycles. The van der Waals surface area contributed by atoms with E-state index in [0.717, 1.165) is 10.0 Å². The van der Waals surface area contributed by atoms with Gasteiger partial charge in [-0.25, -0.2) is 0 Å². The Hall–Kier alpha value is -1.13. The van der Waals surface area contributed by atoms with E-state index in [0.29, 0.717) is 5.75 Å².